The average molecular weight is 359 g/mol. The van der Waals surface area contributed by atoms with Crippen LogP contribution in [0.3, 0.4) is 0 Å². The molecular formula is C23H25N3O. The Morgan fingerprint density at radius 1 is 1.04 bits per heavy atom. The van der Waals surface area contributed by atoms with Crippen LogP contribution in [0.4, 0.5) is 0 Å². The number of likely N-dealkylation sites (tertiary alicyclic amines) is 1. The summed E-state index contributed by atoms with van der Waals surface area (Å²) in [5.41, 5.74) is 3.83. The number of hydrogen-bond donors (Lipinski definition) is 0. The van der Waals surface area contributed by atoms with E-state index in [1.807, 2.05) is 12.4 Å². The van der Waals surface area contributed by atoms with Crippen LogP contribution in [0.5, 0.6) is 5.75 Å². The van der Waals surface area contributed by atoms with E-state index < -0.39 is 0 Å². The number of hydrogen-bond acceptors (Lipinski definition) is 3. The molecule has 138 valence electrons. The van der Waals surface area contributed by atoms with Crippen LogP contribution in [0.1, 0.15) is 18.4 Å². The molecule has 0 saturated carbocycles. The summed E-state index contributed by atoms with van der Waals surface area (Å²) < 4.78 is 8.39. The van der Waals surface area contributed by atoms with Crippen molar-refractivity contribution in [3.05, 3.63) is 48.3 Å². The van der Waals surface area contributed by atoms with Gasteiger partial charge in [0, 0.05) is 47.7 Å². The summed E-state index contributed by atoms with van der Waals surface area (Å²) in [7, 11) is 2.15. The van der Waals surface area contributed by atoms with Crippen LogP contribution in [0, 0.1) is 6.92 Å². The summed E-state index contributed by atoms with van der Waals surface area (Å²) in [6.45, 7) is 6.40. The first-order valence-corrected chi connectivity index (χ1v) is 9.83. The molecule has 1 saturated heterocycles. The highest BCUT2D eigenvalue weighted by molar-refractivity contribution is 6.14. The van der Waals surface area contributed by atoms with Gasteiger partial charge in [-0.25, -0.2) is 0 Å². The van der Waals surface area contributed by atoms with Crippen molar-refractivity contribution in [2.24, 2.45) is 7.05 Å². The standard InChI is InChI=1S/C23H25N3O/c1-16-19-7-8-24-15-17(19)13-21-20-14-18(5-6-22(20)25(2)23(16)21)27-12-11-26-9-3-4-10-26/h5-8,13-15H,3-4,9-12H2,1-2H3. The van der Waals surface area contributed by atoms with Gasteiger partial charge in [-0.1, -0.05) is 0 Å². The van der Waals surface area contributed by atoms with Gasteiger partial charge < -0.3 is 9.30 Å². The quantitative estimate of drug-likeness (QED) is 0.531. The fraction of sp³-hybridized carbons (Fsp3) is 0.348. The SMILES string of the molecule is Cc1c2ccncc2cc2c3cc(OCCN4CCCC4)ccc3n(C)c12. The number of pyridine rings is 1. The van der Waals surface area contributed by atoms with Crippen LogP contribution in [-0.2, 0) is 7.05 Å². The van der Waals surface area contributed by atoms with Crippen molar-refractivity contribution in [1.29, 1.82) is 0 Å². The van der Waals surface area contributed by atoms with Crippen molar-refractivity contribution in [2.75, 3.05) is 26.2 Å². The molecule has 0 bridgehead atoms. The molecule has 27 heavy (non-hydrogen) atoms. The fourth-order valence-electron chi connectivity index (χ4n) is 4.59. The van der Waals surface area contributed by atoms with E-state index in [4.69, 9.17) is 4.74 Å². The highest BCUT2D eigenvalue weighted by Crippen LogP contribution is 2.36. The number of benzene rings is 2. The van der Waals surface area contributed by atoms with Gasteiger partial charge in [-0.15, -0.1) is 0 Å². The van der Waals surface area contributed by atoms with Gasteiger partial charge in [0.05, 0.1) is 5.52 Å². The number of aromatic nitrogens is 2. The van der Waals surface area contributed by atoms with Crippen molar-refractivity contribution in [3.8, 4) is 5.75 Å². The maximum atomic E-state index is 6.09. The topological polar surface area (TPSA) is 30.3 Å². The Morgan fingerprint density at radius 2 is 1.89 bits per heavy atom. The number of ether oxygens (including phenoxy) is 1. The molecule has 1 fully saturated rings. The molecule has 3 heterocycles. The molecule has 0 unspecified atom stereocenters. The maximum Gasteiger partial charge on any atom is 0.120 e. The van der Waals surface area contributed by atoms with E-state index in [0.717, 1.165) is 18.9 Å². The second-order valence-corrected chi connectivity index (χ2v) is 7.63. The first kappa shape index (κ1) is 16.6. The Balaban J connectivity index is 1.56. The molecule has 4 heteroatoms. The van der Waals surface area contributed by atoms with Crippen molar-refractivity contribution in [1.82, 2.24) is 14.5 Å². The molecule has 2 aromatic heterocycles. The number of fused-ring (bicyclic) bond motifs is 4. The van der Waals surface area contributed by atoms with Gasteiger partial charge in [-0.05, 0) is 74.1 Å². The van der Waals surface area contributed by atoms with Gasteiger partial charge in [0.15, 0.2) is 0 Å². The summed E-state index contributed by atoms with van der Waals surface area (Å²) in [6, 6.07) is 10.9. The molecule has 0 N–H and O–H groups in total. The van der Waals surface area contributed by atoms with Gasteiger partial charge in [0.25, 0.3) is 0 Å². The van der Waals surface area contributed by atoms with E-state index >= 15 is 0 Å². The van der Waals surface area contributed by atoms with E-state index in [1.165, 1.54) is 64.1 Å². The van der Waals surface area contributed by atoms with Crippen molar-refractivity contribution < 1.29 is 4.74 Å². The lowest BCUT2D eigenvalue weighted by Gasteiger charge is -2.15. The average Bonchev–Trinajstić information content (AvgIpc) is 3.29. The van der Waals surface area contributed by atoms with Gasteiger partial charge in [-0.3, -0.25) is 9.88 Å². The zero-order valence-corrected chi connectivity index (χ0v) is 16.0. The van der Waals surface area contributed by atoms with Crippen LogP contribution in [0.2, 0.25) is 0 Å². The Bertz CT molecular complexity index is 1140. The predicted octanol–water partition coefficient (Wildman–Crippen LogP) is 4.66. The van der Waals surface area contributed by atoms with E-state index in [-0.39, 0.29) is 0 Å². The number of rotatable bonds is 4. The normalized spacial score (nSPS) is 15.3. The predicted molar refractivity (Wildman–Crippen MR) is 112 cm³/mol. The molecule has 1 aliphatic rings. The third kappa shape index (κ3) is 2.76. The van der Waals surface area contributed by atoms with Crippen LogP contribution < -0.4 is 4.74 Å². The minimum atomic E-state index is 0.752. The van der Waals surface area contributed by atoms with E-state index in [2.05, 4.69) is 58.8 Å². The van der Waals surface area contributed by atoms with Gasteiger partial charge in [-0.2, -0.15) is 0 Å². The summed E-state index contributed by atoms with van der Waals surface area (Å²) >= 11 is 0. The lowest BCUT2D eigenvalue weighted by atomic mass is 10.0. The molecular weight excluding hydrogens is 334 g/mol. The molecule has 4 nitrogen and oxygen atoms in total. The molecule has 0 aliphatic carbocycles. The van der Waals surface area contributed by atoms with E-state index in [9.17, 15) is 0 Å². The van der Waals surface area contributed by atoms with Crippen molar-refractivity contribution in [2.45, 2.75) is 19.8 Å². The second kappa shape index (κ2) is 6.54. The number of aryl methyl sites for hydroxylation is 2. The van der Waals surface area contributed by atoms with Crippen molar-refractivity contribution >= 4 is 32.6 Å². The third-order valence-electron chi connectivity index (χ3n) is 6.00. The first-order valence-electron chi connectivity index (χ1n) is 9.83. The first-order chi connectivity index (χ1) is 13.2. The highest BCUT2D eigenvalue weighted by atomic mass is 16.5. The summed E-state index contributed by atoms with van der Waals surface area (Å²) in [6.07, 6.45) is 6.47. The second-order valence-electron chi connectivity index (χ2n) is 7.63. The van der Waals surface area contributed by atoms with Gasteiger partial charge >= 0.3 is 0 Å². The van der Waals surface area contributed by atoms with Crippen LogP contribution in [-0.4, -0.2) is 40.7 Å². The molecule has 1 aliphatic heterocycles. The highest BCUT2D eigenvalue weighted by Gasteiger charge is 2.14. The van der Waals surface area contributed by atoms with Crippen LogP contribution in [0.25, 0.3) is 32.6 Å². The third-order valence-corrected chi connectivity index (χ3v) is 6.00. The summed E-state index contributed by atoms with van der Waals surface area (Å²) in [5.74, 6) is 0.957. The Morgan fingerprint density at radius 3 is 2.74 bits per heavy atom. The largest absolute Gasteiger partial charge is 0.492 e. The molecule has 0 radical (unpaired) electrons. The Hall–Kier alpha value is -2.59. The molecule has 0 atom stereocenters. The lowest BCUT2D eigenvalue weighted by Crippen LogP contribution is -2.25. The maximum absolute atomic E-state index is 6.09. The van der Waals surface area contributed by atoms with Gasteiger partial charge in [0.1, 0.15) is 12.4 Å². The molecule has 5 rings (SSSR count). The summed E-state index contributed by atoms with van der Waals surface area (Å²) in [5, 5.41) is 4.98. The van der Waals surface area contributed by atoms with Crippen molar-refractivity contribution in [3.63, 3.8) is 0 Å². The summed E-state index contributed by atoms with van der Waals surface area (Å²) in [4.78, 5) is 6.79. The minimum absolute atomic E-state index is 0.752. The lowest BCUT2D eigenvalue weighted by molar-refractivity contribution is 0.238. The molecule has 2 aromatic carbocycles. The smallest absolute Gasteiger partial charge is 0.120 e. The zero-order valence-electron chi connectivity index (χ0n) is 16.0. The molecule has 0 amide bonds. The zero-order chi connectivity index (χ0) is 18.4. The Kier molecular flexibility index (Phi) is 4.01. The van der Waals surface area contributed by atoms with E-state index in [1.54, 1.807) is 0 Å². The van der Waals surface area contributed by atoms with Crippen LogP contribution >= 0.6 is 0 Å². The van der Waals surface area contributed by atoms with E-state index in [0.29, 0.717) is 0 Å². The molecule has 4 aromatic rings. The minimum Gasteiger partial charge on any atom is -0.492 e. The van der Waals surface area contributed by atoms with Gasteiger partial charge in [0.2, 0.25) is 0 Å². The van der Waals surface area contributed by atoms with Crippen LogP contribution in [0.15, 0.2) is 42.7 Å². The molecule has 0 spiro atoms. The number of nitrogens with zero attached hydrogens (tertiary/aromatic N) is 3. The monoisotopic (exact) mass is 359 g/mol. The Labute approximate surface area is 159 Å². The fourth-order valence-corrected chi connectivity index (χ4v) is 4.59.